The lowest BCUT2D eigenvalue weighted by atomic mass is 10.0. The summed E-state index contributed by atoms with van der Waals surface area (Å²) in [6, 6.07) is 0. The molecule has 0 unspecified atom stereocenters. The predicted octanol–water partition coefficient (Wildman–Crippen LogP) is 13.9. The van der Waals surface area contributed by atoms with Crippen LogP contribution in [0.25, 0.3) is 0 Å². The molecule has 0 aliphatic carbocycles. The third-order valence-electron chi connectivity index (χ3n) is 9.14. The van der Waals surface area contributed by atoms with Crippen LogP contribution in [0.2, 0.25) is 0 Å². The Morgan fingerprint density at radius 1 is 0.275 bits per heavy atom. The molecule has 0 aromatic carbocycles. The molecule has 0 aromatic heterocycles. The van der Waals surface area contributed by atoms with Gasteiger partial charge in [-0.1, -0.05) is 207 Å². The van der Waals surface area contributed by atoms with Crippen LogP contribution in [0.1, 0.15) is 220 Å². The first-order valence-corrected chi connectivity index (χ1v) is 19.2. The maximum atomic E-state index is 2.59. The van der Waals surface area contributed by atoms with Crippen molar-refractivity contribution < 1.29 is 0 Å². The highest BCUT2D eigenvalue weighted by atomic mass is 15.1. The van der Waals surface area contributed by atoms with Crippen LogP contribution in [0, 0.1) is 11.8 Å². The summed E-state index contributed by atoms with van der Waals surface area (Å²) in [7, 11) is 2.34. The lowest BCUT2D eigenvalue weighted by Gasteiger charge is -2.16. The van der Waals surface area contributed by atoms with E-state index < -0.39 is 0 Å². The van der Waals surface area contributed by atoms with E-state index in [4.69, 9.17) is 0 Å². The van der Waals surface area contributed by atoms with Gasteiger partial charge in [0.1, 0.15) is 0 Å². The second kappa shape index (κ2) is 33.5. The van der Waals surface area contributed by atoms with Gasteiger partial charge in [0.15, 0.2) is 0 Å². The smallest absolute Gasteiger partial charge is 0.00218 e. The van der Waals surface area contributed by atoms with Crippen LogP contribution in [0.15, 0.2) is 0 Å². The Hall–Kier alpha value is -0.0400. The minimum atomic E-state index is 0.893. The fourth-order valence-electron chi connectivity index (χ4n) is 6.22. The van der Waals surface area contributed by atoms with Gasteiger partial charge in [-0.3, -0.25) is 0 Å². The van der Waals surface area contributed by atoms with E-state index in [2.05, 4.69) is 39.6 Å². The van der Waals surface area contributed by atoms with Crippen molar-refractivity contribution in [2.24, 2.45) is 11.8 Å². The van der Waals surface area contributed by atoms with E-state index in [1.807, 2.05) is 0 Å². The zero-order chi connectivity index (χ0) is 29.4. The molecule has 0 radical (unpaired) electrons. The SMILES string of the molecule is CC(C)CCCCCCCCCCCCCCCCN(C)CCCCCCCCCCCCCCCCC(C)C. The van der Waals surface area contributed by atoms with Crippen LogP contribution in [0.5, 0.6) is 0 Å². The van der Waals surface area contributed by atoms with Crippen LogP contribution >= 0.6 is 0 Å². The maximum absolute atomic E-state index is 2.59. The second-order valence-corrected chi connectivity index (χ2v) is 14.6. The van der Waals surface area contributed by atoms with Crippen molar-refractivity contribution in [2.75, 3.05) is 20.1 Å². The van der Waals surface area contributed by atoms with E-state index >= 15 is 0 Å². The molecule has 1 heteroatoms. The van der Waals surface area contributed by atoms with E-state index in [-0.39, 0.29) is 0 Å². The number of rotatable bonds is 34. The van der Waals surface area contributed by atoms with Crippen molar-refractivity contribution in [1.82, 2.24) is 4.90 Å². The first kappa shape index (κ1) is 40.0. The summed E-state index contributed by atoms with van der Waals surface area (Å²) in [5, 5.41) is 0. The lowest BCUT2D eigenvalue weighted by molar-refractivity contribution is 0.314. The highest BCUT2D eigenvalue weighted by molar-refractivity contribution is 4.56. The molecule has 40 heavy (non-hydrogen) atoms. The molecule has 0 rings (SSSR count). The number of nitrogens with zero attached hydrogens (tertiary/aromatic N) is 1. The normalized spacial score (nSPS) is 12.0. The summed E-state index contributed by atoms with van der Waals surface area (Å²) in [5.74, 6) is 1.79. The van der Waals surface area contributed by atoms with Gasteiger partial charge in [-0.2, -0.15) is 0 Å². The van der Waals surface area contributed by atoms with Gasteiger partial charge in [0.05, 0.1) is 0 Å². The first-order chi connectivity index (χ1) is 19.5. The molecule has 0 aliphatic heterocycles. The van der Waals surface area contributed by atoms with E-state index in [9.17, 15) is 0 Å². The predicted molar refractivity (Wildman–Crippen MR) is 186 cm³/mol. The van der Waals surface area contributed by atoms with Gasteiger partial charge in [0.2, 0.25) is 0 Å². The number of unbranched alkanes of at least 4 members (excludes halogenated alkanes) is 26. The number of hydrogen-bond acceptors (Lipinski definition) is 1. The lowest BCUT2D eigenvalue weighted by Crippen LogP contribution is -2.20. The highest BCUT2D eigenvalue weighted by Gasteiger charge is 2.00. The Balaban J connectivity index is 3.15. The summed E-state index contributed by atoms with van der Waals surface area (Å²) in [6.07, 6.45) is 43.9. The van der Waals surface area contributed by atoms with Gasteiger partial charge < -0.3 is 4.90 Å². The molecule has 242 valence electrons. The van der Waals surface area contributed by atoms with Crippen molar-refractivity contribution in [2.45, 2.75) is 220 Å². The van der Waals surface area contributed by atoms with Crippen molar-refractivity contribution in [3.8, 4) is 0 Å². The first-order valence-electron chi connectivity index (χ1n) is 19.2. The Labute approximate surface area is 256 Å². The Morgan fingerprint density at radius 2 is 0.450 bits per heavy atom. The van der Waals surface area contributed by atoms with E-state index in [1.165, 1.54) is 206 Å². The minimum Gasteiger partial charge on any atom is -0.306 e. The second-order valence-electron chi connectivity index (χ2n) is 14.6. The van der Waals surface area contributed by atoms with E-state index in [0.717, 1.165) is 11.8 Å². The molecule has 0 aliphatic rings. The largest absolute Gasteiger partial charge is 0.306 e. The molecular formula is C39H81N. The molecule has 0 atom stereocenters. The topological polar surface area (TPSA) is 3.24 Å². The third kappa shape index (κ3) is 36.0. The van der Waals surface area contributed by atoms with Gasteiger partial charge in [0, 0.05) is 0 Å². The van der Waals surface area contributed by atoms with Gasteiger partial charge in [0.25, 0.3) is 0 Å². The Bertz CT molecular complexity index is 402. The van der Waals surface area contributed by atoms with Gasteiger partial charge in [-0.25, -0.2) is 0 Å². The number of hydrogen-bond donors (Lipinski definition) is 0. The van der Waals surface area contributed by atoms with Gasteiger partial charge in [-0.15, -0.1) is 0 Å². The minimum absolute atomic E-state index is 0.893. The molecule has 0 saturated heterocycles. The molecule has 0 saturated carbocycles. The van der Waals surface area contributed by atoms with Crippen LogP contribution in [-0.4, -0.2) is 25.0 Å². The van der Waals surface area contributed by atoms with Crippen molar-refractivity contribution >= 4 is 0 Å². The molecule has 0 spiro atoms. The fraction of sp³-hybridized carbons (Fsp3) is 1.00. The summed E-state index contributed by atoms with van der Waals surface area (Å²) in [4.78, 5) is 2.59. The van der Waals surface area contributed by atoms with Crippen LogP contribution in [-0.2, 0) is 0 Å². The zero-order valence-electron chi connectivity index (χ0n) is 29.2. The molecule has 1 nitrogen and oxygen atoms in total. The average molecular weight is 564 g/mol. The zero-order valence-corrected chi connectivity index (χ0v) is 29.2. The summed E-state index contributed by atoms with van der Waals surface area (Å²) >= 11 is 0. The van der Waals surface area contributed by atoms with Gasteiger partial charge >= 0.3 is 0 Å². The van der Waals surface area contributed by atoms with Crippen LogP contribution in [0.3, 0.4) is 0 Å². The van der Waals surface area contributed by atoms with Gasteiger partial charge in [-0.05, 0) is 44.8 Å². The average Bonchev–Trinajstić information content (AvgIpc) is 2.92. The van der Waals surface area contributed by atoms with Crippen molar-refractivity contribution in [3.63, 3.8) is 0 Å². The monoisotopic (exact) mass is 564 g/mol. The maximum Gasteiger partial charge on any atom is -0.00218 e. The van der Waals surface area contributed by atoms with Crippen molar-refractivity contribution in [1.29, 1.82) is 0 Å². The van der Waals surface area contributed by atoms with Crippen LogP contribution < -0.4 is 0 Å². The van der Waals surface area contributed by atoms with E-state index in [0.29, 0.717) is 0 Å². The summed E-state index contributed by atoms with van der Waals surface area (Å²) < 4.78 is 0. The quantitative estimate of drug-likeness (QED) is 0.0704. The molecule has 0 heterocycles. The Kier molecular flexibility index (Phi) is 33.4. The molecule has 0 N–H and O–H groups in total. The standard InChI is InChI=1S/C39H81N/c1-38(2)34-30-26-22-18-14-10-6-8-12-16-20-24-28-32-36-40(5)37-33-29-25-21-17-13-9-7-11-15-19-23-27-31-35-39(3)4/h38-39H,6-37H2,1-5H3. The third-order valence-corrected chi connectivity index (χ3v) is 9.14. The fourth-order valence-corrected chi connectivity index (χ4v) is 6.22. The molecule has 0 fully saturated rings. The molecule has 0 aromatic rings. The summed E-state index contributed by atoms with van der Waals surface area (Å²) in [5.41, 5.74) is 0. The highest BCUT2D eigenvalue weighted by Crippen LogP contribution is 2.16. The molecule has 0 bridgehead atoms. The van der Waals surface area contributed by atoms with E-state index in [1.54, 1.807) is 0 Å². The molecule has 0 amide bonds. The molecular weight excluding hydrogens is 482 g/mol. The summed E-state index contributed by atoms with van der Waals surface area (Å²) in [6.45, 7) is 12.0. The van der Waals surface area contributed by atoms with Crippen LogP contribution in [0.4, 0.5) is 0 Å². The van der Waals surface area contributed by atoms with Crippen molar-refractivity contribution in [3.05, 3.63) is 0 Å². The Morgan fingerprint density at radius 3 is 0.650 bits per heavy atom.